The fraction of sp³-hybridized carbons (Fsp3) is 0.185. The molecule has 0 saturated carbocycles. The zero-order valence-electron chi connectivity index (χ0n) is 20.8. The summed E-state index contributed by atoms with van der Waals surface area (Å²) in [6.45, 7) is 2.09. The molecule has 0 unspecified atom stereocenters. The highest BCUT2D eigenvalue weighted by atomic mass is 35.5. The molecule has 10 nitrogen and oxygen atoms in total. The average molecular weight is 539 g/mol. The van der Waals surface area contributed by atoms with Gasteiger partial charge in [-0.05, 0) is 66.6 Å². The lowest BCUT2D eigenvalue weighted by atomic mass is 10.2. The van der Waals surface area contributed by atoms with Crippen molar-refractivity contribution in [1.29, 1.82) is 0 Å². The van der Waals surface area contributed by atoms with Gasteiger partial charge in [-0.2, -0.15) is 5.10 Å². The number of hydrogen-bond acceptors (Lipinski definition) is 7. The molecule has 0 atom stereocenters. The van der Waals surface area contributed by atoms with Gasteiger partial charge in [-0.25, -0.2) is 5.43 Å². The van der Waals surface area contributed by atoms with E-state index in [9.17, 15) is 14.4 Å². The van der Waals surface area contributed by atoms with Gasteiger partial charge in [-0.1, -0.05) is 29.8 Å². The lowest BCUT2D eigenvalue weighted by Crippen LogP contribution is -2.37. The summed E-state index contributed by atoms with van der Waals surface area (Å²) in [5.41, 5.74) is 4.12. The molecular weight excluding hydrogens is 512 g/mol. The number of halogens is 1. The van der Waals surface area contributed by atoms with Crippen LogP contribution < -0.4 is 30.3 Å². The molecule has 3 N–H and O–H groups in total. The van der Waals surface area contributed by atoms with E-state index in [2.05, 4.69) is 21.2 Å². The molecule has 0 aliphatic heterocycles. The lowest BCUT2D eigenvalue weighted by molar-refractivity contribution is -0.139. The van der Waals surface area contributed by atoms with Gasteiger partial charge in [0.1, 0.15) is 5.75 Å². The molecule has 3 aromatic rings. The van der Waals surface area contributed by atoms with Crippen LogP contribution in [0.1, 0.15) is 18.1 Å². The van der Waals surface area contributed by atoms with Gasteiger partial charge in [0.25, 0.3) is 5.91 Å². The van der Waals surface area contributed by atoms with E-state index in [0.29, 0.717) is 40.1 Å². The van der Waals surface area contributed by atoms with Crippen LogP contribution in [0.3, 0.4) is 0 Å². The Labute approximate surface area is 224 Å². The molecule has 3 aromatic carbocycles. The first-order chi connectivity index (χ1) is 18.4. The van der Waals surface area contributed by atoms with Crippen molar-refractivity contribution >= 4 is 41.2 Å². The van der Waals surface area contributed by atoms with Crippen LogP contribution in [0.5, 0.6) is 17.2 Å². The zero-order chi connectivity index (χ0) is 27.3. The molecule has 198 valence electrons. The predicted molar refractivity (Wildman–Crippen MR) is 144 cm³/mol. The van der Waals surface area contributed by atoms with Crippen LogP contribution in [0.4, 0.5) is 5.69 Å². The van der Waals surface area contributed by atoms with Crippen molar-refractivity contribution in [1.82, 2.24) is 10.7 Å². The molecule has 0 bridgehead atoms. The Balaban J connectivity index is 1.51. The van der Waals surface area contributed by atoms with Gasteiger partial charge < -0.3 is 24.8 Å². The van der Waals surface area contributed by atoms with Crippen molar-refractivity contribution in [3.05, 3.63) is 82.9 Å². The predicted octanol–water partition coefficient (Wildman–Crippen LogP) is 3.53. The number of nitrogens with one attached hydrogen (secondary N) is 3. The molecule has 0 saturated heterocycles. The second-order valence-corrected chi connectivity index (χ2v) is 8.15. The number of carbonyl (C=O) groups excluding carboxylic acids is 3. The summed E-state index contributed by atoms with van der Waals surface area (Å²) in [5.74, 6) is -0.673. The van der Waals surface area contributed by atoms with Crippen LogP contribution in [-0.4, -0.2) is 44.3 Å². The Morgan fingerprint density at radius 2 is 1.74 bits per heavy atom. The van der Waals surface area contributed by atoms with Gasteiger partial charge in [0.2, 0.25) is 0 Å². The minimum absolute atomic E-state index is 0.177. The first-order valence-electron chi connectivity index (χ1n) is 11.6. The van der Waals surface area contributed by atoms with Crippen molar-refractivity contribution in [2.45, 2.75) is 13.5 Å². The highest BCUT2D eigenvalue weighted by Gasteiger charge is 2.13. The molecule has 0 fully saturated rings. The number of rotatable bonds is 11. The Hall–Kier alpha value is -4.57. The van der Waals surface area contributed by atoms with Gasteiger partial charge in [-0.3, -0.25) is 14.4 Å². The minimum Gasteiger partial charge on any atom is -0.497 e. The number of hydrogen-bond donors (Lipinski definition) is 3. The Kier molecular flexibility index (Phi) is 10.5. The molecule has 0 aliphatic rings. The van der Waals surface area contributed by atoms with Crippen molar-refractivity contribution in [2.75, 3.05) is 25.6 Å². The van der Waals surface area contributed by atoms with E-state index in [0.717, 1.165) is 5.56 Å². The van der Waals surface area contributed by atoms with Gasteiger partial charge in [-0.15, -0.1) is 0 Å². The number of amides is 3. The van der Waals surface area contributed by atoms with Crippen LogP contribution in [0.25, 0.3) is 0 Å². The Bertz CT molecular complexity index is 1300. The van der Waals surface area contributed by atoms with Crippen molar-refractivity contribution in [3.63, 3.8) is 0 Å². The molecule has 0 aromatic heterocycles. The highest BCUT2D eigenvalue weighted by molar-refractivity contribution is 6.35. The lowest BCUT2D eigenvalue weighted by Gasteiger charge is -2.12. The third-order valence-electron chi connectivity index (χ3n) is 4.93. The fourth-order valence-corrected chi connectivity index (χ4v) is 3.31. The number of carbonyl (C=O) groups is 3. The van der Waals surface area contributed by atoms with Gasteiger partial charge in [0.05, 0.1) is 19.9 Å². The van der Waals surface area contributed by atoms with E-state index in [1.807, 2.05) is 0 Å². The molecule has 0 aliphatic carbocycles. The van der Waals surface area contributed by atoms with E-state index < -0.39 is 11.8 Å². The largest absolute Gasteiger partial charge is 0.497 e. The maximum atomic E-state index is 12.2. The topological polar surface area (TPSA) is 127 Å². The molecule has 0 radical (unpaired) electrons. The Morgan fingerprint density at radius 1 is 0.947 bits per heavy atom. The van der Waals surface area contributed by atoms with Crippen LogP contribution in [0, 0.1) is 0 Å². The minimum atomic E-state index is -0.912. The number of ether oxygens (including phenoxy) is 3. The summed E-state index contributed by atoms with van der Waals surface area (Å²) >= 11 is 5.93. The van der Waals surface area contributed by atoms with Gasteiger partial charge in [0.15, 0.2) is 18.1 Å². The smallest absolute Gasteiger partial charge is 0.329 e. The van der Waals surface area contributed by atoms with Gasteiger partial charge in [0, 0.05) is 17.3 Å². The SMILES string of the molecule is CCOc1cc(/C=N\NC(=O)C(=O)NCc2ccc(OC)cc2)ccc1OCC(=O)Nc1cccc(Cl)c1. The van der Waals surface area contributed by atoms with Crippen LogP contribution in [0.2, 0.25) is 5.02 Å². The summed E-state index contributed by atoms with van der Waals surface area (Å²) in [4.78, 5) is 36.3. The zero-order valence-corrected chi connectivity index (χ0v) is 21.6. The number of nitrogens with zero attached hydrogens (tertiary/aromatic N) is 1. The third kappa shape index (κ3) is 8.82. The molecule has 3 rings (SSSR count). The second-order valence-electron chi connectivity index (χ2n) is 7.72. The maximum absolute atomic E-state index is 12.2. The summed E-state index contributed by atoms with van der Waals surface area (Å²) < 4.78 is 16.3. The fourth-order valence-electron chi connectivity index (χ4n) is 3.12. The van der Waals surface area contributed by atoms with Crippen molar-refractivity contribution < 1.29 is 28.6 Å². The standard InChI is InChI=1S/C27H27ClN4O6/c1-3-37-24-13-19(9-12-23(24)38-17-25(33)31-21-6-4-5-20(28)14-21)16-30-32-27(35)26(34)29-15-18-7-10-22(36-2)11-8-18/h4-14,16H,3,15,17H2,1-2H3,(H,29,34)(H,31,33)(H,32,35)/b30-16-. The van der Waals surface area contributed by atoms with Crippen molar-refractivity contribution in [2.24, 2.45) is 5.10 Å². The van der Waals surface area contributed by atoms with Crippen molar-refractivity contribution in [3.8, 4) is 17.2 Å². The summed E-state index contributed by atoms with van der Waals surface area (Å²) in [6.07, 6.45) is 1.35. The first-order valence-corrected chi connectivity index (χ1v) is 11.9. The van der Waals surface area contributed by atoms with Crippen LogP contribution >= 0.6 is 11.6 Å². The van der Waals surface area contributed by atoms with Crippen LogP contribution in [-0.2, 0) is 20.9 Å². The summed E-state index contributed by atoms with van der Waals surface area (Å²) in [7, 11) is 1.56. The van der Waals surface area contributed by atoms with Gasteiger partial charge >= 0.3 is 11.8 Å². The first kappa shape index (κ1) is 28.0. The van der Waals surface area contributed by atoms with E-state index in [4.69, 9.17) is 25.8 Å². The average Bonchev–Trinajstić information content (AvgIpc) is 2.91. The van der Waals surface area contributed by atoms with Crippen LogP contribution in [0.15, 0.2) is 71.8 Å². The molecule has 38 heavy (non-hydrogen) atoms. The van der Waals surface area contributed by atoms with E-state index in [1.165, 1.54) is 6.21 Å². The molecule has 0 heterocycles. The monoisotopic (exact) mass is 538 g/mol. The molecule has 11 heteroatoms. The summed E-state index contributed by atoms with van der Waals surface area (Å²) in [6, 6.07) is 18.8. The molecular formula is C27H27ClN4O6. The third-order valence-corrected chi connectivity index (χ3v) is 5.17. The molecule has 0 spiro atoms. The number of methoxy groups -OCH3 is 1. The number of hydrazone groups is 1. The second kappa shape index (κ2) is 14.2. The maximum Gasteiger partial charge on any atom is 0.329 e. The number of anilines is 1. The quantitative estimate of drug-likeness (QED) is 0.195. The summed E-state index contributed by atoms with van der Waals surface area (Å²) in [5, 5.41) is 9.55. The van der Waals surface area contributed by atoms with E-state index in [-0.39, 0.29) is 19.1 Å². The van der Waals surface area contributed by atoms with E-state index >= 15 is 0 Å². The Morgan fingerprint density at radius 3 is 2.45 bits per heavy atom. The molecule has 3 amide bonds. The number of benzene rings is 3. The van der Waals surface area contributed by atoms with E-state index in [1.54, 1.807) is 80.8 Å². The normalized spacial score (nSPS) is 10.5. The highest BCUT2D eigenvalue weighted by Crippen LogP contribution is 2.28.